The highest BCUT2D eigenvalue weighted by Crippen LogP contribution is 2.47. The molecule has 1 aromatic carbocycles. The molecule has 2 N–H and O–H groups in total. The molecule has 0 spiro atoms. The van der Waals surface area contributed by atoms with Crippen molar-refractivity contribution in [2.24, 2.45) is 5.41 Å². The van der Waals surface area contributed by atoms with Gasteiger partial charge in [0.1, 0.15) is 5.82 Å². The number of ketones is 1. The number of pyridine rings is 1. The molecule has 1 aliphatic carbocycles. The van der Waals surface area contributed by atoms with Gasteiger partial charge in [-0.1, -0.05) is 43.8 Å². The van der Waals surface area contributed by atoms with Crippen molar-refractivity contribution in [2.75, 3.05) is 5.32 Å². The molecular formula is C25H23N5O4S. The Bertz CT molecular complexity index is 1410. The van der Waals surface area contributed by atoms with Crippen LogP contribution in [0.15, 0.2) is 69.9 Å². The molecule has 1 aliphatic heterocycles. The Kier molecular flexibility index (Phi) is 5.76. The molecule has 2 aromatic heterocycles. The molecule has 178 valence electrons. The Balaban J connectivity index is 1.51. The molecule has 2 aliphatic rings. The van der Waals surface area contributed by atoms with Gasteiger partial charge in [-0.2, -0.15) is 0 Å². The van der Waals surface area contributed by atoms with E-state index in [0.717, 1.165) is 11.3 Å². The van der Waals surface area contributed by atoms with Crippen LogP contribution in [0.1, 0.15) is 49.4 Å². The molecule has 1 unspecified atom stereocenters. The summed E-state index contributed by atoms with van der Waals surface area (Å²) in [7, 11) is 0. The number of benzene rings is 1. The van der Waals surface area contributed by atoms with Crippen LogP contribution in [0.25, 0.3) is 0 Å². The van der Waals surface area contributed by atoms with Crippen LogP contribution in [0.3, 0.4) is 0 Å². The number of anilines is 1. The summed E-state index contributed by atoms with van der Waals surface area (Å²) in [4.78, 5) is 49.0. The van der Waals surface area contributed by atoms with Crippen molar-refractivity contribution in [3.63, 3.8) is 0 Å². The molecule has 9 nitrogen and oxygen atoms in total. The molecule has 0 amide bonds. The van der Waals surface area contributed by atoms with E-state index < -0.39 is 10.8 Å². The average Bonchev–Trinajstić information content (AvgIpc) is 2.81. The first kappa shape index (κ1) is 23.0. The zero-order valence-corrected chi connectivity index (χ0v) is 20.0. The van der Waals surface area contributed by atoms with Gasteiger partial charge < -0.3 is 10.3 Å². The van der Waals surface area contributed by atoms with Crippen LogP contribution >= 0.6 is 11.8 Å². The summed E-state index contributed by atoms with van der Waals surface area (Å²) < 4.78 is 0. The Morgan fingerprint density at radius 2 is 1.91 bits per heavy atom. The summed E-state index contributed by atoms with van der Waals surface area (Å²) in [6, 6.07) is 11.7. The second-order valence-electron chi connectivity index (χ2n) is 9.49. The Hall–Kier alpha value is -3.79. The number of non-ortho nitro benzene ring substituents is 1. The van der Waals surface area contributed by atoms with Crippen molar-refractivity contribution in [3.05, 3.63) is 97.2 Å². The number of aromatic amines is 1. The summed E-state index contributed by atoms with van der Waals surface area (Å²) in [5, 5.41) is 14.6. The maximum atomic E-state index is 13.3. The SMILES string of the molecule is CC1(C)CC(=O)C2=C(C1)Nc1nc(SCc3ccc([N+](=O)[O-])cc3)[nH]c(=O)c1C2c1ccccn1. The highest BCUT2D eigenvalue weighted by Gasteiger charge is 2.42. The number of fused-ring (bicyclic) bond motifs is 1. The predicted molar refractivity (Wildman–Crippen MR) is 132 cm³/mol. The van der Waals surface area contributed by atoms with Crippen molar-refractivity contribution in [1.29, 1.82) is 0 Å². The first-order chi connectivity index (χ1) is 16.7. The fourth-order valence-electron chi connectivity index (χ4n) is 4.67. The smallest absolute Gasteiger partial charge is 0.269 e. The number of aromatic nitrogens is 3. The number of nitrogens with one attached hydrogen (secondary N) is 2. The number of rotatable bonds is 5. The second-order valence-corrected chi connectivity index (χ2v) is 10.5. The van der Waals surface area contributed by atoms with Crippen LogP contribution in [0.5, 0.6) is 0 Å². The fraction of sp³-hybridized carbons (Fsp3) is 0.280. The maximum Gasteiger partial charge on any atom is 0.269 e. The van der Waals surface area contributed by atoms with Crippen molar-refractivity contribution >= 4 is 29.1 Å². The summed E-state index contributed by atoms with van der Waals surface area (Å²) in [5.74, 6) is 0.333. The van der Waals surface area contributed by atoms with Crippen LogP contribution in [0.2, 0.25) is 0 Å². The molecule has 1 atom stereocenters. The van der Waals surface area contributed by atoms with Gasteiger partial charge in [0.15, 0.2) is 10.9 Å². The lowest BCUT2D eigenvalue weighted by atomic mass is 9.70. The van der Waals surface area contributed by atoms with E-state index in [1.807, 2.05) is 12.1 Å². The monoisotopic (exact) mass is 489 g/mol. The molecule has 0 radical (unpaired) electrons. The molecule has 0 saturated carbocycles. The second kappa shape index (κ2) is 8.77. The first-order valence-corrected chi connectivity index (χ1v) is 12.1. The van der Waals surface area contributed by atoms with Crippen LogP contribution in [-0.2, 0) is 10.5 Å². The van der Waals surface area contributed by atoms with Crippen LogP contribution in [-0.4, -0.2) is 25.7 Å². The number of H-pyrrole nitrogens is 1. The molecule has 0 bridgehead atoms. The third kappa shape index (κ3) is 4.49. The minimum atomic E-state index is -0.587. The van der Waals surface area contributed by atoms with Crippen LogP contribution in [0.4, 0.5) is 11.5 Å². The van der Waals surface area contributed by atoms with E-state index in [0.29, 0.717) is 46.4 Å². The lowest BCUT2D eigenvalue weighted by molar-refractivity contribution is -0.384. The third-order valence-electron chi connectivity index (χ3n) is 6.21. The number of Topliss-reactive ketones (excluding diaryl/α,β-unsaturated/α-hetero) is 1. The van der Waals surface area contributed by atoms with E-state index in [4.69, 9.17) is 0 Å². The Morgan fingerprint density at radius 3 is 2.60 bits per heavy atom. The first-order valence-electron chi connectivity index (χ1n) is 11.2. The number of carbonyl (C=O) groups excluding carboxylic acids is 1. The van der Waals surface area contributed by atoms with Crippen molar-refractivity contribution in [1.82, 2.24) is 15.0 Å². The Labute approximate surface area is 205 Å². The topological polar surface area (TPSA) is 131 Å². The zero-order valence-electron chi connectivity index (χ0n) is 19.2. The van der Waals surface area contributed by atoms with E-state index in [9.17, 15) is 19.7 Å². The summed E-state index contributed by atoms with van der Waals surface area (Å²) in [6.07, 6.45) is 2.72. The molecule has 0 saturated heterocycles. The van der Waals surface area contributed by atoms with Crippen LogP contribution < -0.4 is 10.9 Å². The number of allylic oxidation sites excluding steroid dienone is 2. The number of nitro benzene ring substituents is 1. The van der Waals surface area contributed by atoms with E-state index in [-0.39, 0.29) is 22.4 Å². The molecular weight excluding hydrogens is 466 g/mol. The van der Waals surface area contributed by atoms with Crippen molar-refractivity contribution in [3.8, 4) is 0 Å². The van der Waals surface area contributed by atoms with Gasteiger partial charge in [-0.05, 0) is 29.5 Å². The van der Waals surface area contributed by atoms with Crippen LogP contribution in [0, 0.1) is 15.5 Å². The normalized spacial score (nSPS) is 18.5. The zero-order chi connectivity index (χ0) is 24.7. The van der Waals surface area contributed by atoms with Gasteiger partial charge in [-0.25, -0.2) is 4.98 Å². The van der Waals surface area contributed by atoms with Gasteiger partial charge in [-0.3, -0.25) is 24.7 Å². The minimum absolute atomic E-state index is 0.0149. The highest BCUT2D eigenvalue weighted by atomic mass is 32.2. The number of thioether (sulfide) groups is 1. The van der Waals surface area contributed by atoms with Gasteiger partial charge in [0.25, 0.3) is 11.2 Å². The fourth-order valence-corrected chi connectivity index (χ4v) is 5.49. The van der Waals surface area contributed by atoms with E-state index in [2.05, 4.69) is 34.1 Å². The standard InChI is InChI=1S/C25H23N5O4S/c1-25(2)11-17-19(18(31)12-25)20(16-5-3-4-10-26-16)21-22(27-17)28-24(29-23(21)32)35-13-14-6-8-15(9-7-14)30(33)34/h3-10,20H,11-13H2,1-2H3,(H2,27,28,29,32). The van der Waals surface area contributed by atoms with Gasteiger partial charge in [0, 0.05) is 41.8 Å². The molecule has 35 heavy (non-hydrogen) atoms. The summed E-state index contributed by atoms with van der Waals surface area (Å²) >= 11 is 1.33. The molecule has 3 aromatic rings. The lowest BCUT2D eigenvalue weighted by Crippen LogP contribution is -2.37. The number of hydrogen-bond donors (Lipinski definition) is 2. The van der Waals surface area contributed by atoms with Gasteiger partial charge in [0.2, 0.25) is 0 Å². The third-order valence-corrected chi connectivity index (χ3v) is 7.15. The molecule has 0 fully saturated rings. The maximum absolute atomic E-state index is 13.3. The summed E-state index contributed by atoms with van der Waals surface area (Å²) in [6.45, 7) is 4.11. The molecule has 3 heterocycles. The van der Waals surface area contributed by atoms with Crippen molar-refractivity contribution in [2.45, 2.75) is 43.5 Å². The Morgan fingerprint density at radius 1 is 1.14 bits per heavy atom. The largest absolute Gasteiger partial charge is 0.343 e. The number of nitro groups is 1. The van der Waals surface area contributed by atoms with E-state index in [1.165, 1.54) is 23.9 Å². The summed E-state index contributed by atoms with van der Waals surface area (Å²) in [5.41, 5.74) is 2.76. The van der Waals surface area contributed by atoms with Gasteiger partial charge >= 0.3 is 0 Å². The van der Waals surface area contributed by atoms with Gasteiger partial charge in [-0.15, -0.1) is 0 Å². The lowest BCUT2D eigenvalue weighted by Gasteiger charge is -2.38. The number of carbonyl (C=O) groups is 1. The molecule has 5 rings (SSSR count). The number of nitrogens with zero attached hydrogens (tertiary/aromatic N) is 3. The highest BCUT2D eigenvalue weighted by molar-refractivity contribution is 7.98. The van der Waals surface area contributed by atoms with Crippen molar-refractivity contribution < 1.29 is 9.72 Å². The minimum Gasteiger partial charge on any atom is -0.343 e. The van der Waals surface area contributed by atoms with Gasteiger partial charge in [0.05, 0.1) is 22.1 Å². The van der Waals surface area contributed by atoms with E-state index in [1.54, 1.807) is 24.4 Å². The number of hydrogen-bond acceptors (Lipinski definition) is 8. The predicted octanol–water partition coefficient (Wildman–Crippen LogP) is 4.57. The molecule has 10 heteroatoms. The average molecular weight is 490 g/mol. The quantitative estimate of drug-likeness (QED) is 0.231. The van der Waals surface area contributed by atoms with E-state index >= 15 is 0 Å².